The Morgan fingerprint density at radius 3 is 2.71 bits per heavy atom. The highest BCUT2D eigenvalue weighted by molar-refractivity contribution is 5.86. The molecule has 1 aliphatic rings. The molecule has 0 saturated carbocycles. The van der Waals surface area contributed by atoms with Crippen molar-refractivity contribution in [1.29, 1.82) is 0 Å². The summed E-state index contributed by atoms with van der Waals surface area (Å²) in [6, 6.07) is -0.631. The lowest BCUT2D eigenvalue weighted by atomic mass is 9.97. The summed E-state index contributed by atoms with van der Waals surface area (Å²) in [7, 11) is 0. The maximum absolute atomic E-state index is 11.4. The van der Waals surface area contributed by atoms with Crippen molar-refractivity contribution >= 4 is 11.9 Å². The Morgan fingerprint density at radius 2 is 2.24 bits per heavy atom. The zero-order valence-corrected chi connectivity index (χ0v) is 10.3. The first-order chi connectivity index (χ1) is 8.02. The van der Waals surface area contributed by atoms with Gasteiger partial charge in [0.1, 0.15) is 6.04 Å². The lowest BCUT2D eigenvalue weighted by Gasteiger charge is -2.40. The standard InChI is InChI=1S/C10H21N5O2/c1-3-7(2)8(9(16)17)14-5-4-6-15(12)10(14)13-11/h7-8H,3-6,11-12H2,1-2H3,(H,16,17)/b13-10-. The second kappa shape index (κ2) is 5.72. The summed E-state index contributed by atoms with van der Waals surface area (Å²) in [5.41, 5.74) is 0. The van der Waals surface area contributed by atoms with E-state index in [2.05, 4.69) is 5.10 Å². The van der Waals surface area contributed by atoms with Gasteiger partial charge < -0.3 is 15.8 Å². The van der Waals surface area contributed by atoms with Crippen molar-refractivity contribution in [2.45, 2.75) is 32.7 Å². The van der Waals surface area contributed by atoms with Crippen LogP contribution in [0.2, 0.25) is 0 Å². The van der Waals surface area contributed by atoms with E-state index in [1.54, 1.807) is 4.90 Å². The van der Waals surface area contributed by atoms with Gasteiger partial charge in [0.25, 0.3) is 0 Å². The average Bonchev–Trinajstić information content (AvgIpc) is 2.28. The fourth-order valence-corrected chi connectivity index (χ4v) is 2.10. The van der Waals surface area contributed by atoms with E-state index < -0.39 is 12.0 Å². The van der Waals surface area contributed by atoms with Crippen molar-refractivity contribution in [2.75, 3.05) is 13.1 Å². The van der Waals surface area contributed by atoms with Gasteiger partial charge in [-0.25, -0.2) is 10.6 Å². The van der Waals surface area contributed by atoms with Crippen LogP contribution in [0.4, 0.5) is 0 Å². The fraction of sp³-hybridized carbons (Fsp3) is 0.800. The average molecular weight is 243 g/mol. The van der Waals surface area contributed by atoms with E-state index in [1.807, 2.05) is 13.8 Å². The monoisotopic (exact) mass is 243 g/mol. The van der Waals surface area contributed by atoms with Crippen LogP contribution in [0.25, 0.3) is 0 Å². The number of hydrazine groups is 1. The highest BCUT2D eigenvalue weighted by atomic mass is 16.4. The lowest BCUT2D eigenvalue weighted by Crippen LogP contribution is -2.60. The Morgan fingerprint density at radius 1 is 1.59 bits per heavy atom. The number of carbonyl (C=O) groups is 1. The molecule has 17 heavy (non-hydrogen) atoms. The topological polar surface area (TPSA) is 108 Å². The number of nitrogens with two attached hydrogens (primary N) is 2. The molecule has 0 aromatic heterocycles. The number of hydrogen-bond acceptors (Lipinski definition) is 4. The molecule has 2 unspecified atom stereocenters. The molecule has 1 heterocycles. The Labute approximate surface area is 101 Å². The molecule has 0 amide bonds. The van der Waals surface area contributed by atoms with Crippen molar-refractivity contribution in [2.24, 2.45) is 22.7 Å². The number of hydrogen-bond donors (Lipinski definition) is 3. The Bertz CT molecular complexity index is 307. The largest absolute Gasteiger partial charge is 0.480 e. The molecular weight excluding hydrogens is 222 g/mol. The van der Waals surface area contributed by atoms with Gasteiger partial charge in [-0.1, -0.05) is 20.3 Å². The number of nitrogens with zero attached hydrogens (tertiary/aromatic N) is 3. The third-order valence-corrected chi connectivity index (χ3v) is 3.20. The van der Waals surface area contributed by atoms with Crippen LogP contribution in [0.5, 0.6) is 0 Å². The summed E-state index contributed by atoms with van der Waals surface area (Å²) in [6.45, 7) is 5.12. The minimum absolute atomic E-state index is 0.00995. The van der Waals surface area contributed by atoms with Crippen LogP contribution in [0.3, 0.4) is 0 Å². The van der Waals surface area contributed by atoms with E-state index in [0.29, 0.717) is 19.0 Å². The van der Waals surface area contributed by atoms with Gasteiger partial charge >= 0.3 is 5.97 Å². The smallest absolute Gasteiger partial charge is 0.326 e. The van der Waals surface area contributed by atoms with Crippen molar-refractivity contribution in [3.05, 3.63) is 0 Å². The van der Waals surface area contributed by atoms with Crippen LogP contribution < -0.4 is 11.7 Å². The summed E-state index contributed by atoms with van der Waals surface area (Å²) in [4.78, 5) is 13.1. The molecule has 1 rings (SSSR count). The third kappa shape index (κ3) is 2.79. The molecular formula is C10H21N5O2. The third-order valence-electron chi connectivity index (χ3n) is 3.20. The van der Waals surface area contributed by atoms with Gasteiger partial charge in [-0.15, -0.1) is 5.10 Å². The maximum atomic E-state index is 11.4. The van der Waals surface area contributed by atoms with Gasteiger partial charge in [-0.2, -0.15) is 0 Å². The molecule has 0 spiro atoms. The number of rotatable bonds is 4. The summed E-state index contributed by atoms with van der Waals surface area (Å²) in [5, 5.41) is 14.3. The Kier molecular flexibility index (Phi) is 4.56. The van der Waals surface area contributed by atoms with Crippen LogP contribution in [-0.2, 0) is 4.79 Å². The van der Waals surface area contributed by atoms with Gasteiger partial charge in [-0.3, -0.25) is 5.01 Å². The van der Waals surface area contributed by atoms with E-state index in [9.17, 15) is 9.90 Å². The van der Waals surface area contributed by atoms with Crippen LogP contribution >= 0.6 is 0 Å². The molecule has 7 nitrogen and oxygen atoms in total. The molecule has 1 fully saturated rings. The van der Waals surface area contributed by atoms with E-state index in [1.165, 1.54) is 5.01 Å². The molecule has 98 valence electrons. The van der Waals surface area contributed by atoms with E-state index in [4.69, 9.17) is 11.7 Å². The number of hydrazone groups is 1. The molecule has 0 bridgehead atoms. The van der Waals surface area contributed by atoms with Crippen LogP contribution in [0.15, 0.2) is 5.10 Å². The Hall–Kier alpha value is -1.50. The number of carboxylic acids is 1. The zero-order valence-electron chi connectivity index (χ0n) is 10.3. The van der Waals surface area contributed by atoms with Crippen LogP contribution in [0, 0.1) is 5.92 Å². The first-order valence-electron chi connectivity index (χ1n) is 5.82. The first kappa shape index (κ1) is 13.6. The minimum Gasteiger partial charge on any atom is -0.480 e. The quantitative estimate of drug-likeness (QED) is 0.458. The summed E-state index contributed by atoms with van der Waals surface area (Å²) in [5.74, 6) is 10.5. The zero-order chi connectivity index (χ0) is 13.0. The predicted octanol–water partition coefficient (Wildman–Crippen LogP) is -0.403. The number of aliphatic carboxylic acids is 1. The normalized spacial score (nSPS) is 22.6. The highest BCUT2D eigenvalue weighted by Crippen LogP contribution is 2.19. The molecule has 7 heteroatoms. The van der Waals surface area contributed by atoms with Crippen LogP contribution in [0.1, 0.15) is 26.7 Å². The number of guanidine groups is 1. The predicted molar refractivity (Wildman–Crippen MR) is 64.7 cm³/mol. The van der Waals surface area contributed by atoms with Crippen LogP contribution in [-0.4, -0.2) is 46.1 Å². The van der Waals surface area contributed by atoms with Gasteiger partial charge in [0.05, 0.1) is 0 Å². The second-order valence-electron chi connectivity index (χ2n) is 4.34. The molecule has 1 aliphatic heterocycles. The van der Waals surface area contributed by atoms with Crippen molar-refractivity contribution in [1.82, 2.24) is 9.91 Å². The molecule has 0 aromatic rings. The highest BCUT2D eigenvalue weighted by Gasteiger charge is 2.35. The molecule has 1 saturated heterocycles. The first-order valence-corrected chi connectivity index (χ1v) is 5.82. The molecule has 0 aliphatic carbocycles. The molecule has 2 atom stereocenters. The molecule has 5 N–H and O–H groups in total. The molecule has 0 aromatic carbocycles. The van der Waals surface area contributed by atoms with E-state index in [0.717, 1.165) is 12.8 Å². The summed E-state index contributed by atoms with van der Waals surface area (Å²) >= 11 is 0. The van der Waals surface area contributed by atoms with Gasteiger partial charge in [0.15, 0.2) is 0 Å². The fourth-order valence-electron chi connectivity index (χ4n) is 2.10. The SMILES string of the molecule is CCC(C)C(C(=O)O)N1CCCN(N)/C1=N\N. The Balaban J connectivity index is 2.96. The summed E-state index contributed by atoms with van der Waals surface area (Å²) < 4.78 is 0. The van der Waals surface area contributed by atoms with Crippen molar-refractivity contribution < 1.29 is 9.90 Å². The van der Waals surface area contributed by atoms with Crippen molar-refractivity contribution in [3.8, 4) is 0 Å². The minimum atomic E-state index is -0.865. The second-order valence-corrected chi connectivity index (χ2v) is 4.34. The van der Waals surface area contributed by atoms with E-state index in [-0.39, 0.29) is 5.92 Å². The summed E-state index contributed by atoms with van der Waals surface area (Å²) in [6.07, 6.45) is 1.58. The lowest BCUT2D eigenvalue weighted by molar-refractivity contribution is -0.144. The maximum Gasteiger partial charge on any atom is 0.326 e. The van der Waals surface area contributed by atoms with Gasteiger partial charge in [0, 0.05) is 13.1 Å². The van der Waals surface area contributed by atoms with E-state index >= 15 is 0 Å². The molecule has 0 radical (unpaired) electrons. The number of carboxylic acid groups (broad SMARTS) is 1. The van der Waals surface area contributed by atoms with Crippen molar-refractivity contribution in [3.63, 3.8) is 0 Å². The van der Waals surface area contributed by atoms with Gasteiger partial charge in [0.2, 0.25) is 5.96 Å². The van der Waals surface area contributed by atoms with Gasteiger partial charge in [-0.05, 0) is 12.3 Å².